The van der Waals surface area contributed by atoms with Gasteiger partial charge < -0.3 is 20.3 Å². The van der Waals surface area contributed by atoms with Crippen LogP contribution in [0, 0.1) is 0 Å². The highest BCUT2D eigenvalue weighted by molar-refractivity contribution is 5.67. The summed E-state index contributed by atoms with van der Waals surface area (Å²) in [6.07, 6.45) is 0.811. The first kappa shape index (κ1) is 16.4. The highest BCUT2D eigenvalue weighted by Crippen LogP contribution is 2.17. The summed E-state index contributed by atoms with van der Waals surface area (Å²) in [5.41, 5.74) is 0.0315. The van der Waals surface area contributed by atoms with Crippen LogP contribution >= 0.6 is 0 Å². The van der Waals surface area contributed by atoms with Gasteiger partial charge in [0.05, 0.1) is 6.10 Å². The van der Waals surface area contributed by atoms with Gasteiger partial charge in [-0.1, -0.05) is 0 Å². The third kappa shape index (κ3) is 5.99. The Labute approximate surface area is 118 Å². The van der Waals surface area contributed by atoms with Gasteiger partial charge in [0, 0.05) is 18.9 Å². The average molecular weight is 282 g/mol. The van der Waals surface area contributed by atoms with Crippen molar-refractivity contribution in [3.8, 4) is 0 Å². The number of pyridine rings is 1. The zero-order valence-electron chi connectivity index (χ0n) is 12.0. The number of aliphatic hydroxyl groups excluding tert-OH is 2. The second-order valence-electron chi connectivity index (χ2n) is 5.51. The van der Waals surface area contributed by atoms with E-state index in [0.29, 0.717) is 5.56 Å². The number of amides is 1. The van der Waals surface area contributed by atoms with E-state index in [1.54, 1.807) is 45.3 Å². The summed E-state index contributed by atoms with van der Waals surface area (Å²) in [5.74, 6) is 0. The van der Waals surface area contributed by atoms with Gasteiger partial charge in [-0.2, -0.15) is 0 Å². The van der Waals surface area contributed by atoms with Gasteiger partial charge in [0.25, 0.3) is 0 Å². The zero-order chi connectivity index (χ0) is 15.2. The van der Waals surface area contributed by atoms with Crippen molar-refractivity contribution in [1.82, 2.24) is 10.3 Å². The molecule has 6 heteroatoms. The SMILES string of the molecule is CC(C)(C)OC(=O)NCCC(O)C(O)c1ccncc1. The summed E-state index contributed by atoms with van der Waals surface area (Å²) in [6.45, 7) is 5.54. The second kappa shape index (κ2) is 7.21. The maximum Gasteiger partial charge on any atom is 0.407 e. The molecule has 20 heavy (non-hydrogen) atoms. The molecule has 0 spiro atoms. The zero-order valence-corrected chi connectivity index (χ0v) is 12.0. The van der Waals surface area contributed by atoms with Crippen LogP contribution in [0.25, 0.3) is 0 Å². The van der Waals surface area contributed by atoms with Crippen molar-refractivity contribution in [1.29, 1.82) is 0 Å². The maximum absolute atomic E-state index is 11.4. The van der Waals surface area contributed by atoms with E-state index in [1.165, 1.54) is 0 Å². The number of hydrogen-bond acceptors (Lipinski definition) is 5. The molecule has 0 bridgehead atoms. The summed E-state index contributed by atoms with van der Waals surface area (Å²) in [5, 5.41) is 22.3. The predicted octanol–water partition coefficient (Wildman–Crippen LogP) is 1.39. The van der Waals surface area contributed by atoms with Crippen molar-refractivity contribution in [2.24, 2.45) is 0 Å². The van der Waals surface area contributed by atoms with E-state index in [4.69, 9.17) is 4.74 Å². The number of ether oxygens (including phenoxy) is 1. The molecule has 0 radical (unpaired) electrons. The Morgan fingerprint density at radius 2 is 1.95 bits per heavy atom. The molecule has 2 atom stereocenters. The third-order valence-corrected chi connectivity index (χ3v) is 2.52. The van der Waals surface area contributed by atoms with Gasteiger partial charge in [0.1, 0.15) is 11.7 Å². The fourth-order valence-electron chi connectivity index (χ4n) is 1.58. The number of nitrogens with zero attached hydrogens (tertiary/aromatic N) is 1. The molecule has 1 heterocycles. The minimum absolute atomic E-state index is 0.220. The van der Waals surface area contributed by atoms with E-state index in [9.17, 15) is 15.0 Å². The number of aromatic nitrogens is 1. The highest BCUT2D eigenvalue weighted by atomic mass is 16.6. The number of carbonyl (C=O) groups excluding carboxylic acids is 1. The largest absolute Gasteiger partial charge is 0.444 e. The third-order valence-electron chi connectivity index (χ3n) is 2.52. The van der Waals surface area contributed by atoms with Crippen molar-refractivity contribution in [2.75, 3.05) is 6.54 Å². The number of aliphatic hydroxyl groups is 2. The minimum atomic E-state index is -1.00. The van der Waals surface area contributed by atoms with Crippen molar-refractivity contribution < 1.29 is 19.7 Å². The van der Waals surface area contributed by atoms with Gasteiger partial charge in [-0.25, -0.2) is 4.79 Å². The molecule has 6 nitrogen and oxygen atoms in total. The van der Waals surface area contributed by atoms with Crippen molar-refractivity contribution in [2.45, 2.75) is 45.0 Å². The van der Waals surface area contributed by atoms with Gasteiger partial charge in [0.2, 0.25) is 0 Å². The van der Waals surface area contributed by atoms with Gasteiger partial charge in [-0.15, -0.1) is 0 Å². The Kier molecular flexibility index (Phi) is 5.91. The second-order valence-corrected chi connectivity index (χ2v) is 5.51. The van der Waals surface area contributed by atoms with Crippen LogP contribution in [0.1, 0.15) is 38.9 Å². The van der Waals surface area contributed by atoms with E-state index in [2.05, 4.69) is 10.3 Å². The fraction of sp³-hybridized carbons (Fsp3) is 0.571. The van der Waals surface area contributed by atoms with Crippen LogP contribution in [-0.2, 0) is 4.74 Å². The van der Waals surface area contributed by atoms with Crippen molar-refractivity contribution in [3.63, 3.8) is 0 Å². The first-order chi connectivity index (χ1) is 9.29. The molecule has 1 aromatic rings. The number of hydrogen-bond donors (Lipinski definition) is 3. The first-order valence-electron chi connectivity index (χ1n) is 6.52. The normalized spacial score (nSPS) is 14.4. The molecule has 0 aliphatic heterocycles. The number of nitrogens with one attached hydrogen (secondary N) is 1. The standard InChI is InChI=1S/C14H22N2O4/c1-14(2,3)20-13(19)16-9-6-11(17)12(18)10-4-7-15-8-5-10/h4-5,7-8,11-12,17-18H,6,9H2,1-3H3,(H,16,19). The molecule has 1 amide bonds. The predicted molar refractivity (Wildman–Crippen MR) is 74.1 cm³/mol. The fourth-order valence-corrected chi connectivity index (χ4v) is 1.58. The number of carbonyl (C=O) groups is 1. The molecule has 0 saturated heterocycles. The lowest BCUT2D eigenvalue weighted by atomic mass is 10.0. The van der Waals surface area contributed by atoms with Crippen LogP contribution in [0.15, 0.2) is 24.5 Å². The summed E-state index contributed by atoms with van der Waals surface area (Å²) in [6, 6.07) is 3.27. The van der Waals surface area contributed by atoms with E-state index < -0.39 is 23.9 Å². The molecule has 112 valence electrons. The molecule has 3 N–H and O–H groups in total. The van der Waals surface area contributed by atoms with Crippen LogP contribution in [-0.4, -0.2) is 39.5 Å². The molecular formula is C14H22N2O4. The lowest BCUT2D eigenvalue weighted by Gasteiger charge is -2.21. The quantitative estimate of drug-likeness (QED) is 0.759. The lowest BCUT2D eigenvalue weighted by Crippen LogP contribution is -2.34. The Balaban J connectivity index is 2.33. The van der Waals surface area contributed by atoms with E-state index >= 15 is 0 Å². The summed E-state index contributed by atoms with van der Waals surface area (Å²) >= 11 is 0. The van der Waals surface area contributed by atoms with Crippen LogP contribution in [0.2, 0.25) is 0 Å². The highest BCUT2D eigenvalue weighted by Gasteiger charge is 2.19. The molecule has 0 fully saturated rings. The van der Waals surface area contributed by atoms with E-state index in [-0.39, 0.29) is 13.0 Å². The smallest absolute Gasteiger partial charge is 0.407 e. The van der Waals surface area contributed by atoms with Crippen molar-refractivity contribution in [3.05, 3.63) is 30.1 Å². The average Bonchev–Trinajstić information content (AvgIpc) is 2.36. The van der Waals surface area contributed by atoms with Crippen LogP contribution < -0.4 is 5.32 Å². The molecule has 0 aromatic carbocycles. The van der Waals surface area contributed by atoms with Crippen LogP contribution in [0.3, 0.4) is 0 Å². The molecule has 0 aliphatic rings. The topological polar surface area (TPSA) is 91.7 Å². The summed E-state index contributed by atoms with van der Waals surface area (Å²) in [7, 11) is 0. The Morgan fingerprint density at radius 1 is 1.35 bits per heavy atom. The molecule has 0 saturated carbocycles. The van der Waals surface area contributed by atoms with Gasteiger partial charge in [-0.3, -0.25) is 4.98 Å². The Morgan fingerprint density at radius 3 is 2.50 bits per heavy atom. The van der Waals surface area contributed by atoms with Crippen LogP contribution in [0.4, 0.5) is 4.79 Å². The number of alkyl carbamates (subject to hydrolysis) is 1. The van der Waals surface area contributed by atoms with Crippen LogP contribution in [0.5, 0.6) is 0 Å². The van der Waals surface area contributed by atoms with Gasteiger partial charge >= 0.3 is 6.09 Å². The molecule has 1 rings (SSSR count). The van der Waals surface area contributed by atoms with E-state index in [0.717, 1.165) is 0 Å². The maximum atomic E-state index is 11.4. The number of rotatable bonds is 5. The summed E-state index contributed by atoms with van der Waals surface area (Å²) in [4.78, 5) is 15.2. The monoisotopic (exact) mass is 282 g/mol. The van der Waals surface area contributed by atoms with E-state index in [1.807, 2.05) is 0 Å². The first-order valence-corrected chi connectivity index (χ1v) is 6.52. The molecule has 0 aliphatic carbocycles. The Hall–Kier alpha value is -1.66. The van der Waals surface area contributed by atoms with Gasteiger partial charge in [-0.05, 0) is 44.9 Å². The lowest BCUT2D eigenvalue weighted by molar-refractivity contribution is 0.0122. The summed E-state index contributed by atoms with van der Waals surface area (Å²) < 4.78 is 5.06. The molecule has 2 unspecified atom stereocenters. The molecular weight excluding hydrogens is 260 g/mol. The Bertz CT molecular complexity index is 417. The molecule has 1 aromatic heterocycles. The van der Waals surface area contributed by atoms with Gasteiger partial charge in [0.15, 0.2) is 0 Å². The minimum Gasteiger partial charge on any atom is -0.444 e. The van der Waals surface area contributed by atoms with Crippen molar-refractivity contribution >= 4 is 6.09 Å².